The van der Waals surface area contributed by atoms with Gasteiger partial charge >= 0.3 is 0 Å². The minimum atomic E-state index is -3.51. The van der Waals surface area contributed by atoms with Gasteiger partial charge in [-0.05, 0) is 31.0 Å². The second-order valence-electron chi connectivity index (χ2n) is 8.25. The maximum Gasteiger partial charge on any atom is 0.257 e. The molecular formula is C21H23FN4O4S2. The average Bonchev–Trinajstić information content (AvgIpc) is 3.42. The molecule has 1 aromatic carbocycles. The first kappa shape index (κ1) is 22.5. The highest BCUT2D eigenvalue weighted by molar-refractivity contribution is 7.90. The molecule has 0 spiro atoms. The molecule has 32 heavy (non-hydrogen) atoms. The van der Waals surface area contributed by atoms with Crippen molar-refractivity contribution in [2.24, 2.45) is 5.41 Å². The minimum absolute atomic E-state index is 0.0327. The number of ether oxygens (including phenoxy) is 1. The second-order valence-corrected chi connectivity index (χ2v) is 11.3. The number of amides is 1. The van der Waals surface area contributed by atoms with Crippen LogP contribution in [0.4, 0.5) is 9.52 Å². The lowest BCUT2D eigenvalue weighted by molar-refractivity contribution is 0.0740. The van der Waals surface area contributed by atoms with Gasteiger partial charge in [0.2, 0.25) is 0 Å². The Kier molecular flexibility index (Phi) is 6.09. The van der Waals surface area contributed by atoms with Crippen molar-refractivity contribution in [1.29, 1.82) is 5.26 Å². The van der Waals surface area contributed by atoms with E-state index in [1.54, 1.807) is 4.90 Å². The molecule has 1 saturated heterocycles. The van der Waals surface area contributed by atoms with Crippen molar-refractivity contribution in [2.45, 2.75) is 17.7 Å². The molecule has 1 aliphatic heterocycles. The summed E-state index contributed by atoms with van der Waals surface area (Å²) in [5, 5.41) is 9.72. The highest BCUT2D eigenvalue weighted by Crippen LogP contribution is 2.46. The van der Waals surface area contributed by atoms with Gasteiger partial charge in [-0.15, -0.1) is 0 Å². The van der Waals surface area contributed by atoms with E-state index in [1.807, 2.05) is 4.90 Å². The Bertz CT molecular complexity index is 1160. The van der Waals surface area contributed by atoms with Crippen LogP contribution >= 0.6 is 11.3 Å². The molecule has 170 valence electrons. The number of hydrogen-bond donors (Lipinski definition) is 0. The van der Waals surface area contributed by atoms with E-state index < -0.39 is 21.9 Å². The highest BCUT2D eigenvalue weighted by atomic mass is 32.2. The number of benzene rings is 1. The van der Waals surface area contributed by atoms with E-state index in [9.17, 15) is 17.6 Å². The highest BCUT2D eigenvalue weighted by Gasteiger charge is 2.44. The van der Waals surface area contributed by atoms with E-state index in [2.05, 4.69) is 11.1 Å². The van der Waals surface area contributed by atoms with Crippen molar-refractivity contribution in [3.8, 4) is 11.8 Å². The molecule has 2 aromatic rings. The molecule has 2 fully saturated rings. The minimum Gasteiger partial charge on any atom is -0.492 e. The van der Waals surface area contributed by atoms with E-state index >= 15 is 0 Å². The number of hydrogen-bond acceptors (Lipinski definition) is 8. The molecule has 8 nitrogen and oxygen atoms in total. The molecule has 2 aliphatic rings. The van der Waals surface area contributed by atoms with Crippen LogP contribution in [0.2, 0.25) is 0 Å². The third kappa shape index (κ3) is 4.71. The fraction of sp³-hybridized carbons (Fsp3) is 0.476. The Hall–Kier alpha value is -2.71. The molecular weight excluding hydrogens is 455 g/mol. The zero-order valence-corrected chi connectivity index (χ0v) is 19.2. The van der Waals surface area contributed by atoms with Gasteiger partial charge < -0.3 is 14.5 Å². The van der Waals surface area contributed by atoms with Gasteiger partial charge in [0.05, 0.1) is 29.9 Å². The molecule has 0 radical (unpaired) electrons. The monoisotopic (exact) mass is 478 g/mol. The number of alkyl halides is 1. The molecule has 0 bridgehead atoms. The Morgan fingerprint density at radius 2 is 2.03 bits per heavy atom. The number of carbonyl (C=O) groups is 1. The van der Waals surface area contributed by atoms with Crippen LogP contribution in [0.15, 0.2) is 29.3 Å². The van der Waals surface area contributed by atoms with E-state index in [-0.39, 0.29) is 28.7 Å². The number of piperazine rings is 1. The lowest BCUT2D eigenvalue weighted by atomic mass is 10.1. The number of rotatable bonds is 7. The Morgan fingerprint density at radius 3 is 2.59 bits per heavy atom. The van der Waals surface area contributed by atoms with Crippen molar-refractivity contribution in [1.82, 2.24) is 9.88 Å². The van der Waals surface area contributed by atoms with Crippen molar-refractivity contribution in [3.05, 3.63) is 34.8 Å². The van der Waals surface area contributed by atoms with Gasteiger partial charge in [-0.2, -0.15) is 5.26 Å². The van der Waals surface area contributed by atoms with Crippen molar-refractivity contribution >= 4 is 32.2 Å². The second kappa shape index (κ2) is 8.67. The number of sulfone groups is 1. The zero-order valence-electron chi connectivity index (χ0n) is 17.6. The molecule has 1 saturated carbocycles. The van der Waals surface area contributed by atoms with Crippen LogP contribution in [-0.4, -0.2) is 69.9 Å². The van der Waals surface area contributed by atoms with Gasteiger partial charge in [0, 0.05) is 37.8 Å². The molecule has 0 atom stereocenters. The first-order valence-electron chi connectivity index (χ1n) is 10.2. The summed E-state index contributed by atoms with van der Waals surface area (Å²) in [6, 6.07) is 6.30. The quantitative estimate of drug-likeness (QED) is 0.602. The van der Waals surface area contributed by atoms with E-state index in [4.69, 9.17) is 10.00 Å². The number of nitrogens with zero attached hydrogens (tertiary/aromatic N) is 4. The van der Waals surface area contributed by atoms with Crippen LogP contribution in [-0.2, 0) is 9.84 Å². The molecule has 0 N–H and O–H groups in total. The molecule has 4 rings (SSSR count). The molecule has 1 aromatic heterocycles. The normalized spacial score (nSPS) is 17.7. The maximum absolute atomic E-state index is 13.3. The largest absolute Gasteiger partial charge is 0.492 e. The third-order valence-corrected chi connectivity index (χ3v) is 7.90. The number of anilines is 1. The molecule has 11 heteroatoms. The fourth-order valence-electron chi connectivity index (χ4n) is 3.49. The molecule has 0 unspecified atom stereocenters. The Labute approximate surface area is 190 Å². The molecule has 1 amide bonds. The van der Waals surface area contributed by atoms with Gasteiger partial charge in [0.1, 0.15) is 16.7 Å². The zero-order chi connectivity index (χ0) is 22.9. The Morgan fingerprint density at radius 1 is 1.31 bits per heavy atom. The average molecular weight is 479 g/mol. The van der Waals surface area contributed by atoms with E-state index in [0.717, 1.165) is 24.2 Å². The number of carbonyl (C=O) groups excluding carboxylic acids is 1. The van der Waals surface area contributed by atoms with Crippen LogP contribution in [0.1, 0.15) is 28.1 Å². The predicted molar refractivity (Wildman–Crippen MR) is 118 cm³/mol. The number of halogens is 1. The van der Waals surface area contributed by atoms with Crippen LogP contribution in [0.5, 0.6) is 5.75 Å². The summed E-state index contributed by atoms with van der Waals surface area (Å²) in [6.45, 7) is 1.58. The standard InChI is InChI=1S/C21H23FN4O4S2/c1-32(28,29)16-2-3-18(30-14-21(13-22)4-5-21)17(10-16)19(27)25-6-8-26(9-7-25)20-24-12-15(11-23)31-20/h2-3,10,12H,4-9,13-14H2,1H3. The van der Waals surface area contributed by atoms with Gasteiger partial charge in [0.15, 0.2) is 15.0 Å². The van der Waals surface area contributed by atoms with Gasteiger partial charge in [-0.25, -0.2) is 13.4 Å². The summed E-state index contributed by atoms with van der Waals surface area (Å²) in [6.07, 6.45) is 4.09. The first-order chi connectivity index (χ1) is 15.2. The summed E-state index contributed by atoms with van der Waals surface area (Å²) in [7, 11) is -3.51. The van der Waals surface area contributed by atoms with Gasteiger partial charge in [-0.3, -0.25) is 9.18 Å². The van der Waals surface area contributed by atoms with Crippen molar-refractivity contribution in [2.75, 3.05) is 50.6 Å². The van der Waals surface area contributed by atoms with E-state index in [0.29, 0.717) is 31.1 Å². The summed E-state index contributed by atoms with van der Waals surface area (Å²) >= 11 is 1.30. The van der Waals surface area contributed by atoms with Crippen LogP contribution in [0, 0.1) is 16.7 Å². The summed E-state index contributed by atoms with van der Waals surface area (Å²) in [5.41, 5.74) is -0.325. The lowest BCUT2D eigenvalue weighted by Crippen LogP contribution is -2.48. The maximum atomic E-state index is 13.3. The predicted octanol–water partition coefficient (Wildman–Crippen LogP) is 2.51. The molecule has 1 aliphatic carbocycles. The third-order valence-electron chi connectivity index (χ3n) is 5.83. The van der Waals surface area contributed by atoms with Crippen LogP contribution in [0.25, 0.3) is 0 Å². The summed E-state index contributed by atoms with van der Waals surface area (Å²) < 4.78 is 43.1. The van der Waals surface area contributed by atoms with Gasteiger partial charge in [-0.1, -0.05) is 11.3 Å². The Balaban J connectivity index is 1.51. The SMILES string of the molecule is CS(=O)(=O)c1ccc(OCC2(CF)CC2)c(C(=O)N2CCN(c3ncc(C#N)s3)CC2)c1. The van der Waals surface area contributed by atoms with Crippen molar-refractivity contribution in [3.63, 3.8) is 0 Å². The topological polar surface area (TPSA) is 104 Å². The molecule has 2 heterocycles. The lowest BCUT2D eigenvalue weighted by Gasteiger charge is -2.34. The smallest absolute Gasteiger partial charge is 0.257 e. The fourth-order valence-corrected chi connectivity index (χ4v) is 4.90. The summed E-state index contributed by atoms with van der Waals surface area (Å²) in [5.74, 6) is -0.0600. The first-order valence-corrected chi connectivity index (χ1v) is 12.9. The summed E-state index contributed by atoms with van der Waals surface area (Å²) in [4.78, 5) is 21.8. The van der Waals surface area contributed by atoms with Crippen LogP contribution < -0.4 is 9.64 Å². The van der Waals surface area contributed by atoms with E-state index in [1.165, 1.54) is 35.7 Å². The van der Waals surface area contributed by atoms with Gasteiger partial charge in [0.25, 0.3) is 5.91 Å². The number of thiazole rings is 1. The van der Waals surface area contributed by atoms with Crippen molar-refractivity contribution < 1.29 is 22.3 Å². The number of aromatic nitrogens is 1. The van der Waals surface area contributed by atoms with Crippen LogP contribution in [0.3, 0.4) is 0 Å². The number of nitriles is 1.